The van der Waals surface area contributed by atoms with Gasteiger partial charge in [0.05, 0.1) is 5.54 Å². The van der Waals surface area contributed by atoms with E-state index >= 15 is 0 Å². The predicted molar refractivity (Wildman–Crippen MR) is 90.4 cm³/mol. The Morgan fingerprint density at radius 3 is 2.57 bits per heavy atom. The fraction of sp³-hybridized carbons (Fsp3) is 0.611. The molecule has 2 N–H and O–H groups in total. The second kappa shape index (κ2) is 7.88. The summed E-state index contributed by atoms with van der Waals surface area (Å²) >= 11 is 0. The molecule has 0 radical (unpaired) electrons. The standard InChI is InChI=1S/C18H28FN3O/c1-3-9-18(2,20)17(23)22-11-4-10-21(12-13-22)14-15-5-7-16(19)8-6-15/h5-8H,3-4,9-14,20H2,1-2H3. The number of amides is 1. The molecule has 1 aliphatic rings. The van der Waals surface area contributed by atoms with E-state index in [-0.39, 0.29) is 11.7 Å². The molecule has 1 aliphatic heterocycles. The highest BCUT2D eigenvalue weighted by Crippen LogP contribution is 2.16. The van der Waals surface area contributed by atoms with E-state index in [0.29, 0.717) is 13.0 Å². The van der Waals surface area contributed by atoms with Gasteiger partial charge in [-0.05, 0) is 37.5 Å². The third-order valence-electron chi connectivity index (χ3n) is 4.45. The van der Waals surface area contributed by atoms with Gasteiger partial charge in [0.1, 0.15) is 5.82 Å². The summed E-state index contributed by atoms with van der Waals surface area (Å²) < 4.78 is 13.0. The molecular formula is C18H28FN3O. The smallest absolute Gasteiger partial charge is 0.242 e. The fourth-order valence-corrected chi connectivity index (χ4v) is 3.17. The minimum absolute atomic E-state index is 0.0583. The lowest BCUT2D eigenvalue weighted by Crippen LogP contribution is -2.53. The number of carbonyl (C=O) groups is 1. The van der Waals surface area contributed by atoms with Gasteiger partial charge in [0, 0.05) is 32.7 Å². The molecule has 0 aliphatic carbocycles. The van der Waals surface area contributed by atoms with Crippen molar-refractivity contribution in [2.24, 2.45) is 5.73 Å². The van der Waals surface area contributed by atoms with Crippen molar-refractivity contribution < 1.29 is 9.18 Å². The maximum Gasteiger partial charge on any atom is 0.242 e. The van der Waals surface area contributed by atoms with Crippen molar-refractivity contribution in [3.63, 3.8) is 0 Å². The number of hydrogen-bond acceptors (Lipinski definition) is 3. The van der Waals surface area contributed by atoms with Crippen LogP contribution in [0, 0.1) is 5.82 Å². The molecule has 0 saturated carbocycles. The van der Waals surface area contributed by atoms with Gasteiger partial charge in [-0.25, -0.2) is 4.39 Å². The van der Waals surface area contributed by atoms with E-state index in [0.717, 1.165) is 44.6 Å². The second-order valence-electron chi connectivity index (χ2n) is 6.72. The van der Waals surface area contributed by atoms with Crippen molar-refractivity contribution in [2.45, 2.75) is 45.2 Å². The zero-order valence-corrected chi connectivity index (χ0v) is 14.2. The van der Waals surface area contributed by atoms with Gasteiger partial charge in [-0.1, -0.05) is 25.5 Å². The van der Waals surface area contributed by atoms with Crippen LogP contribution in [0.5, 0.6) is 0 Å². The number of benzene rings is 1. The quantitative estimate of drug-likeness (QED) is 0.906. The van der Waals surface area contributed by atoms with Crippen LogP contribution in [0.4, 0.5) is 4.39 Å². The lowest BCUT2D eigenvalue weighted by atomic mass is 9.95. The molecule has 5 heteroatoms. The summed E-state index contributed by atoms with van der Waals surface area (Å²) in [5, 5.41) is 0. The van der Waals surface area contributed by atoms with Gasteiger partial charge in [-0.3, -0.25) is 9.69 Å². The van der Waals surface area contributed by atoms with Crippen molar-refractivity contribution in [1.29, 1.82) is 0 Å². The zero-order valence-electron chi connectivity index (χ0n) is 14.2. The minimum Gasteiger partial charge on any atom is -0.340 e. The van der Waals surface area contributed by atoms with Crippen molar-refractivity contribution in [3.8, 4) is 0 Å². The van der Waals surface area contributed by atoms with E-state index in [4.69, 9.17) is 5.73 Å². The first-order valence-corrected chi connectivity index (χ1v) is 8.47. The second-order valence-corrected chi connectivity index (χ2v) is 6.72. The van der Waals surface area contributed by atoms with Crippen LogP contribution in [0.1, 0.15) is 38.7 Å². The first-order chi connectivity index (χ1) is 10.9. The Labute approximate surface area is 138 Å². The highest BCUT2D eigenvalue weighted by Gasteiger charge is 2.32. The monoisotopic (exact) mass is 321 g/mol. The van der Waals surface area contributed by atoms with Gasteiger partial charge in [-0.15, -0.1) is 0 Å². The van der Waals surface area contributed by atoms with Crippen LogP contribution in [-0.2, 0) is 11.3 Å². The number of halogens is 1. The van der Waals surface area contributed by atoms with E-state index in [1.807, 2.05) is 30.9 Å². The third-order valence-corrected chi connectivity index (χ3v) is 4.45. The van der Waals surface area contributed by atoms with Gasteiger partial charge in [-0.2, -0.15) is 0 Å². The number of carbonyl (C=O) groups excluding carboxylic acids is 1. The van der Waals surface area contributed by atoms with Gasteiger partial charge in [0.25, 0.3) is 0 Å². The first-order valence-electron chi connectivity index (χ1n) is 8.47. The molecule has 1 saturated heterocycles. The minimum atomic E-state index is -0.763. The lowest BCUT2D eigenvalue weighted by molar-refractivity contribution is -0.136. The molecule has 1 unspecified atom stereocenters. The summed E-state index contributed by atoms with van der Waals surface area (Å²) in [5.74, 6) is -0.150. The van der Waals surface area contributed by atoms with Crippen LogP contribution in [0.3, 0.4) is 0 Å². The Bertz CT molecular complexity index is 516. The van der Waals surface area contributed by atoms with Crippen LogP contribution in [0.15, 0.2) is 24.3 Å². The molecule has 1 atom stereocenters. The van der Waals surface area contributed by atoms with Gasteiger partial charge >= 0.3 is 0 Å². The maximum absolute atomic E-state index is 13.0. The Morgan fingerprint density at radius 2 is 1.91 bits per heavy atom. The number of rotatable bonds is 5. The summed E-state index contributed by atoms with van der Waals surface area (Å²) in [4.78, 5) is 16.8. The lowest BCUT2D eigenvalue weighted by Gasteiger charge is -2.31. The van der Waals surface area contributed by atoms with Crippen LogP contribution in [0.2, 0.25) is 0 Å². The van der Waals surface area contributed by atoms with E-state index in [9.17, 15) is 9.18 Å². The van der Waals surface area contributed by atoms with Crippen molar-refractivity contribution in [3.05, 3.63) is 35.6 Å². The molecule has 1 aromatic carbocycles. The Hall–Kier alpha value is -1.46. The summed E-state index contributed by atoms with van der Waals surface area (Å²) in [5.41, 5.74) is 6.52. The average Bonchev–Trinajstić information content (AvgIpc) is 2.74. The molecule has 2 rings (SSSR count). The molecule has 1 fully saturated rings. The molecule has 1 heterocycles. The van der Waals surface area contributed by atoms with Crippen LogP contribution in [0.25, 0.3) is 0 Å². The predicted octanol–water partition coefficient (Wildman–Crippen LogP) is 2.38. The van der Waals surface area contributed by atoms with Gasteiger partial charge in [0.2, 0.25) is 5.91 Å². The van der Waals surface area contributed by atoms with Crippen molar-refractivity contribution in [2.75, 3.05) is 26.2 Å². The molecule has 23 heavy (non-hydrogen) atoms. The van der Waals surface area contributed by atoms with E-state index in [2.05, 4.69) is 4.90 Å². The number of hydrogen-bond donors (Lipinski definition) is 1. The van der Waals surface area contributed by atoms with Crippen LogP contribution >= 0.6 is 0 Å². The maximum atomic E-state index is 13.0. The average molecular weight is 321 g/mol. The number of nitrogens with two attached hydrogens (primary N) is 1. The van der Waals surface area contributed by atoms with Crippen molar-refractivity contribution in [1.82, 2.24) is 9.80 Å². The SMILES string of the molecule is CCCC(C)(N)C(=O)N1CCCN(Cc2ccc(F)cc2)CC1. The largest absolute Gasteiger partial charge is 0.340 e. The third kappa shape index (κ3) is 5.01. The Balaban J connectivity index is 1.91. The molecule has 1 aromatic rings. The topological polar surface area (TPSA) is 49.6 Å². The summed E-state index contributed by atoms with van der Waals surface area (Å²) in [7, 11) is 0. The molecule has 1 amide bonds. The fourth-order valence-electron chi connectivity index (χ4n) is 3.17. The van der Waals surface area contributed by atoms with Gasteiger partial charge < -0.3 is 10.6 Å². The molecule has 0 spiro atoms. The molecule has 128 valence electrons. The molecular weight excluding hydrogens is 293 g/mol. The summed E-state index contributed by atoms with van der Waals surface area (Å²) in [6.45, 7) is 7.90. The number of nitrogens with zero attached hydrogens (tertiary/aromatic N) is 2. The summed E-state index contributed by atoms with van der Waals surface area (Å²) in [6, 6.07) is 6.63. The molecule has 4 nitrogen and oxygen atoms in total. The highest BCUT2D eigenvalue weighted by molar-refractivity contribution is 5.85. The normalized spacial score (nSPS) is 19.2. The molecule has 0 bridgehead atoms. The van der Waals surface area contributed by atoms with Crippen LogP contribution < -0.4 is 5.73 Å². The summed E-state index contributed by atoms with van der Waals surface area (Å²) in [6.07, 6.45) is 2.56. The van der Waals surface area contributed by atoms with E-state index in [1.54, 1.807) is 0 Å². The highest BCUT2D eigenvalue weighted by atomic mass is 19.1. The zero-order chi connectivity index (χ0) is 16.9. The Kier molecular flexibility index (Phi) is 6.13. The first kappa shape index (κ1) is 17.9. The molecule has 0 aromatic heterocycles. The van der Waals surface area contributed by atoms with Crippen LogP contribution in [-0.4, -0.2) is 47.4 Å². The van der Waals surface area contributed by atoms with E-state index in [1.165, 1.54) is 12.1 Å². The van der Waals surface area contributed by atoms with E-state index < -0.39 is 5.54 Å². The van der Waals surface area contributed by atoms with Gasteiger partial charge in [0.15, 0.2) is 0 Å². The Morgan fingerprint density at radius 1 is 1.22 bits per heavy atom. The van der Waals surface area contributed by atoms with Crippen molar-refractivity contribution >= 4 is 5.91 Å².